The number of carboxylic acid groups (broad SMARTS) is 1. The third-order valence-electron chi connectivity index (χ3n) is 3.51. The van der Waals surface area contributed by atoms with E-state index in [-0.39, 0.29) is 37.2 Å². The molecule has 0 unspecified atom stereocenters. The van der Waals surface area contributed by atoms with Gasteiger partial charge in [-0.05, 0) is 25.7 Å². The number of nitrogens with zero attached hydrogens (tertiary/aromatic N) is 2. The Morgan fingerprint density at radius 2 is 1.52 bits per heavy atom. The van der Waals surface area contributed by atoms with E-state index in [0.717, 1.165) is 25.7 Å². The van der Waals surface area contributed by atoms with Gasteiger partial charge in [0.25, 0.3) is 0 Å². The molecule has 21 heavy (non-hydrogen) atoms. The van der Waals surface area contributed by atoms with Crippen LogP contribution in [0.2, 0.25) is 0 Å². The summed E-state index contributed by atoms with van der Waals surface area (Å²) in [5.74, 6) is -1.24. The Bertz CT molecular complexity index is 374. The number of aliphatic carboxylic acids is 1. The van der Waals surface area contributed by atoms with E-state index in [2.05, 4.69) is 0 Å². The highest BCUT2D eigenvalue weighted by Crippen LogP contribution is 2.27. The highest BCUT2D eigenvalue weighted by molar-refractivity contribution is 5.86. The van der Waals surface area contributed by atoms with Crippen LogP contribution in [0.1, 0.15) is 52.4 Å². The van der Waals surface area contributed by atoms with Gasteiger partial charge in [0.1, 0.15) is 6.54 Å². The zero-order valence-electron chi connectivity index (χ0n) is 13.0. The SMILES string of the molecule is CCCN(CCC)C(=O)CCC(=O)N(CC(=O)O)C1CC1. The van der Waals surface area contributed by atoms with Crippen LogP contribution >= 0.6 is 0 Å². The fourth-order valence-corrected chi connectivity index (χ4v) is 2.37. The van der Waals surface area contributed by atoms with Crippen molar-refractivity contribution in [3.63, 3.8) is 0 Å². The number of carboxylic acids is 1. The lowest BCUT2D eigenvalue weighted by atomic mass is 10.2. The van der Waals surface area contributed by atoms with Crippen LogP contribution in [0, 0.1) is 0 Å². The number of amides is 2. The minimum atomic E-state index is -1.000. The Morgan fingerprint density at radius 1 is 1.00 bits per heavy atom. The highest BCUT2D eigenvalue weighted by atomic mass is 16.4. The summed E-state index contributed by atoms with van der Waals surface area (Å²) in [7, 11) is 0. The molecule has 0 heterocycles. The number of carbonyl (C=O) groups is 3. The third kappa shape index (κ3) is 6.14. The minimum Gasteiger partial charge on any atom is -0.480 e. The molecule has 0 radical (unpaired) electrons. The lowest BCUT2D eigenvalue weighted by Gasteiger charge is -2.23. The molecule has 0 bridgehead atoms. The molecular weight excluding hydrogens is 272 g/mol. The maximum Gasteiger partial charge on any atom is 0.323 e. The van der Waals surface area contributed by atoms with Crippen molar-refractivity contribution < 1.29 is 19.5 Å². The Morgan fingerprint density at radius 3 is 1.95 bits per heavy atom. The van der Waals surface area contributed by atoms with Crippen LogP contribution in [0.15, 0.2) is 0 Å². The van der Waals surface area contributed by atoms with Crippen LogP contribution in [0.25, 0.3) is 0 Å². The first-order valence-corrected chi connectivity index (χ1v) is 7.78. The molecule has 0 spiro atoms. The van der Waals surface area contributed by atoms with Gasteiger partial charge in [0.15, 0.2) is 0 Å². The van der Waals surface area contributed by atoms with Gasteiger partial charge in [-0.1, -0.05) is 13.8 Å². The molecule has 2 amide bonds. The van der Waals surface area contributed by atoms with Gasteiger partial charge in [-0.15, -0.1) is 0 Å². The smallest absolute Gasteiger partial charge is 0.323 e. The van der Waals surface area contributed by atoms with Gasteiger partial charge in [-0.3, -0.25) is 14.4 Å². The third-order valence-corrected chi connectivity index (χ3v) is 3.51. The van der Waals surface area contributed by atoms with Crippen molar-refractivity contribution in [2.24, 2.45) is 0 Å². The zero-order valence-corrected chi connectivity index (χ0v) is 13.0. The van der Waals surface area contributed by atoms with Gasteiger partial charge < -0.3 is 14.9 Å². The molecule has 1 saturated carbocycles. The predicted octanol–water partition coefficient (Wildman–Crippen LogP) is 1.49. The van der Waals surface area contributed by atoms with Crippen LogP contribution in [0.5, 0.6) is 0 Å². The summed E-state index contributed by atoms with van der Waals surface area (Å²) in [6.07, 6.45) is 3.80. The summed E-state index contributed by atoms with van der Waals surface area (Å²) in [5.41, 5.74) is 0. The second-order valence-corrected chi connectivity index (χ2v) is 5.53. The van der Waals surface area contributed by atoms with Gasteiger partial charge in [0.05, 0.1) is 0 Å². The molecule has 0 atom stereocenters. The first-order valence-electron chi connectivity index (χ1n) is 7.78. The van der Waals surface area contributed by atoms with Crippen molar-refractivity contribution in [1.29, 1.82) is 0 Å². The number of hydrogen-bond acceptors (Lipinski definition) is 3. The topological polar surface area (TPSA) is 77.9 Å². The number of hydrogen-bond donors (Lipinski definition) is 1. The molecule has 1 N–H and O–H groups in total. The van der Waals surface area contributed by atoms with Crippen LogP contribution in [-0.4, -0.2) is 58.4 Å². The summed E-state index contributed by atoms with van der Waals surface area (Å²) < 4.78 is 0. The monoisotopic (exact) mass is 298 g/mol. The standard InChI is InChI=1S/C15H26N2O4/c1-3-9-16(10-4-2)13(18)7-8-14(19)17(11-15(20)21)12-5-6-12/h12H,3-11H2,1-2H3,(H,20,21). The molecule has 1 rings (SSSR count). The molecule has 0 saturated heterocycles. The van der Waals surface area contributed by atoms with Gasteiger partial charge in [-0.2, -0.15) is 0 Å². The molecule has 1 aliphatic rings. The van der Waals surface area contributed by atoms with Gasteiger partial charge >= 0.3 is 5.97 Å². The Kier molecular flexibility index (Phi) is 7.19. The first kappa shape index (κ1) is 17.5. The van der Waals surface area contributed by atoms with Gasteiger partial charge in [-0.25, -0.2) is 0 Å². The second kappa shape index (κ2) is 8.64. The largest absolute Gasteiger partial charge is 0.480 e. The lowest BCUT2D eigenvalue weighted by Crippen LogP contribution is -2.38. The maximum atomic E-state index is 12.1. The van der Waals surface area contributed by atoms with E-state index in [4.69, 9.17) is 5.11 Å². The van der Waals surface area contributed by atoms with Crippen LogP contribution in [0.3, 0.4) is 0 Å². The molecular formula is C15H26N2O4. The van der Waals surface area contributed by atoms with E-state index >= 15 is 0 Å². The van der Waals surface area contributed by atoms with Crippen molar-refractivity contribution >= 4 is 17.8 Å². The van der Waals surface area contributed by atoms with Crippen molar-refractivity contribution in [3.05, 3.63) is 0 Å². The van der Waals surface area contributed by atoms with Crippen molar-refractivity contribution in [1.82, 2.24) is 9.80 Å². The van der Waals surface area contributed by atoms with Crippen molar-refractivity contribution in [2.45, 2.75) is 58.4 Å². The number of rotatable bonds is 10. The highest BCUT2D eigenvalue weighted by Gasteiger charge is 2.33. The fraction of sp³-hybridized carbons (Fsp3) is 0.800. The first-order chi connectivity index (χ1) is 9.99. The second-order valence-electron chi connectivity index (χ2n) is 5.53. The van der Waals surface area contributed by atoms with E-state index in [1.165, 1.54) is 4.90 Å². The maximum absolute atomic E-state index is 12.1. The van der Waals surface area contributed by atoms with Crippen LogP contribution in [-0.2, 0) is 14.4 Å². The predicted molar refractivity (Wildman–Crippen MR) is 78.8 cm³/mol. The molecule has 1 aliphatic carbocycles. The lowest BCUT2D eigenvalue weighted by molar-refractivity contribution is -0.145. The molecule has 6 heteroatoms. The molecule has 0 aliphatic heterocycles. The van der Waals surface area contributed by atoms with E-state index < -0.39 is 5.97 Å². The Labute approximate surface area is 126 Å². The summed E-state index contributed by atoms with van der Waals surface area (Å²) in [6, 6.07) is 0.0612. The van der Waals surface area contributed by atoms with Crippen LogP contribution < -0.4 is 0 Å². The van der Waals surface area contributed by atoms with Crippen LogP contribution in [0.4, 0.5) is 0 Å². The van der Waals surface area contributed by atoms with E-state index in [1.54, 1.807) is 4.90 Å². The van der Waals surface area contributed by atoms with Crippen molar-refractivity contribution in [2.75, 3.05) is 19.6 Å². The number of carbonyl (C=O) groups excluding carboxylic acids is 2. The molecule has 0 aromatic heterocycles. The summed E-state index contributed by atoms with van der Waals surface area (Å²) in [6.45, 7) is 5.20. The molecule has 120 valence electrons. The normalized spacial score (nSPS) is 13.8. The van der Waals surface area contributed by atoms with Crippen molar-refractivity contribution in [3.8, 4) is 0 Å². The summed E-state index contributed by atoms with van der Waals surface area (Å²) in [5, 5.41) is 8.85. The summed E-state index contributed by atoms with van der Waals surface area (Å²) >= 11 is 0. The fourth-order valence-electron chi connectivity index (χ4n) is 2.37. The quantitative estimate of drug-likeness (QED) is 0.663. The van der Waals surface area contributed by atoms with E-state index in [1.807, 2.05) is 13.8 Å². The van der Waals surface area contributed by atoms with E-state index in [9.17, 15) is 14.4 Å². The van der Waals surface area contributed by atoms with Gasteiger partial charge in [0, 0.05) is 32.0 Å². The van der Waals surface area contributed by atoms with E-state index in [0.29, 0.717) is 13.1 Å². The minimum absolute atomic E-state index is 0.0156. The average molecular weight is 298 g/mol. The zero-order chi connectivity index (χ0) is 15.8. The average Bonchev–Trinajstić information content (AvgIpc) is 3.25. The molecule has 0 aromatic rings. The molecule has 1 fully saturated rings. The Balaban J connectivity index is 2.45. The van der Waals surface area contributed by atoms with Gasteiger partial charge in [0.2, 0.25) is 11.8 Å². The molecule has 6 nitrogen and oxygen atoms in total. The molecule has 0 aromatic carbocycles. The summed E-state index contributed by atoms with van der Waals surface area (Å²) in [4.78, 5) is 38.2. The Hall–Kier alpha value is -1.59.